The van der Waals surface area contributed by atoms with Gasteiger partial charge >= 0.3 is 0 Å². The Kier molecular flexibility index (Phi) is 5.75. The van der Waals surface area contributed by atoms with Gasteiger partial charge in [-0.15, -0.1) is 0 Å². The number of nitriles is 1. The van der Waals surface area contributed by atoms with Crippen LogP contribution in [0.2, 0.25) is 0 Å². The molecule has 1 aromatic heterocycles. The number of amides is 1. The van der Waals surface area contributed by atoms with Crippen molar-refractivity contribution < 1.29 is 9.18 Å². The lowest BCUT2D eigenvalue weighted by Crippen LogP contribution is -2.32. The first-order chi connectivity index (χ1) is 11.9. The Morgan fingerprint density at radius 3 is 2.72 bits per heavy atom. The van der Waals surface area contributed by atoms with E-state index in [1.165, 1.54) is 12.1 Å². The van der Waals surface area contributed by atoms with E-state index in [0.29, 0.717) is 18.8 Å². The summed E-state index contributed by atoms with van der Waals surface area (Å²) in [5.74, 6) is -0.967. The van der Waals surface area contributed by atoms with Crippen LogP contribution in [0.25, 0.3) is 0 Å². The highest BCUT2D eigenvalue weighted by atomic mass is 19.1. The number of hydrogen-bond acceptors (Lipinski definition) is 4. The van der Waals surface area contributed by atoms with Gasteiger partial charge in [0.05, 0.1) is 17.3 Å². The summed E-state index contributed by atoms with van der Waals surface area (Å²) in [6.07, 6.45) is 0. The van der Waals surface area contributed by atoms with Crippen LogP contribution in [-0.2, 0) is 11.8 Å². The molecule has 2 aromatic rings. The maximum atomic E-state index is 13.5. The molecule has 132 valence electrons. The molecule has 2 N–H and O–H groups in total. The predicted molar refractivity (Wildman–Crippen MR) is 93.7 cm³/mol. The number of carbonyl (C=O) groups excluding carboxylic acids is 1. The molecule has 0 aliphatic rings. The number of nitrogens with zero attached hydrogens (tertiary/aromatic N) is 3. The van der Waals surface area contributed by atoms with Crippen LogP contribution in [-0.4, -0.2) is 28.8 Å². The van der Waals surface area contributed by atoms with E-state index in [-0.39, 0.29) is 17.4 Å². The van der Waals surface area contributed by atoms with E-state index in [9.17, 15) is 9.18 Å². The number of anilines is 1. The van der Waals surface area contributed by atoms with Crippen LogP contribution in [0.15, 0.2) is 18.2 Å². The molecule has 25 heavy (non-hydrogen) atoms. The fourth-order valence-electron chi connectivity index (χ4n) is 2.87. The van der Waals surface area contributed by atoms with Crippen molar-refractivity contribution in [2.75, 3.05) is 18.4 Å². The number of rotatable bonds is 6. The summed E-state index contributed by atoms with van der Waals surface area (Å²) in [7, 11) is 1.85. The normalized spacial score (nSPS) is 11.7. The first-order valence-corrected chi connectivity index (χ1v) is 8.07. The zero-order valence-electron chi connectivity index (χ0n) is 14.9. The highest BCUT2D eigenvalue weighted by molar-refractivity contribution is 5.83. The molecular formula is C18H22FN5O. The van der Waals surface area contributed by atoms with Crippen molar-refractivity contribution in [2.24, 2.45) is 7.05 Å². The third-order valence-corrected chi connectivity index (χ3v) is 4.26. The van der Waals surface area contributed by atoms with E-state index >= 15 is 0 Å². The zero-order valence-corrected chi connectivity index (χ0v) is 14.9. The zero-order chi connectivity index (χ0) is 18.6. The van der Waals surface area contributed by atoms with Crippen LogP contribution < -0.4 is 10.6 Å². The van der Waals surface area contributed by atoms with Crippen molar-refractivity contribution in [2.45, 2.75) is 26.7 Å². The molecule has 1 heterocycles. The van der Waals surface area contributed by atoms with Crippen molar-refractivity contribution in [3.8, 4) is 6.07 Å². The van der Waals surface area contributed by atoms with Gasteiger partial charge in [0.25, 0.3) is 0 Å². The van der Waals surface area contributed by atoms with Crippen LogP contribution in [0, 0.1) is 31.0 Å². The quantitative estimate of drug-likeness (QED) is 0.789. The molecule has 7 heteroatoms. The van der Waals surface area contributed by atoms with Crippen molar-refractivity contribution in [3.63, 3.8) is 0 Å². The topological polar surface area (TPSA) is 82.7 Å². The molecule has 1 aromatic carbocycles. The monoisotopic (exact) mass is 343 g/mol. The molecule has 0 saturated carbocycles. The Labute approximate surface area is 146 Å². The Hall–Kier alpha value is -2.88. The molecule has 0 saturated heterocycles. The molecule has 1 atom stereocenters. The largest absolute Gasteiger partial charge is 0.382 e. The molecule has 0 spiro atoms. The molecule has 0 aliphatic heterocycles. The summed E-state index contributed by atoms with van der Waals surface area (Å²) < 4.78 is 15.3. The number of hydrogen-bond donors (Lipinski definition) is 2. The summed E-state index contributed by atoms with van der Waals surface area (Å²) in [5, 5.41) is 19.1. The average Bonchev–Trinajstić information content (AvgIpc) is 2.83. The maximum Gasteiger partial charge on any atom is 0.227 e. The summed E-state index contributed by atoms with van der Waals surface area (Å²) in [6, 6.07) is 6.24. The van der Waals surface area contributed by atoms with Crippen LogP contribution in [0.1, 0.15) is 35.4 Å². The minimum Gasteiger partial charge on any atom is -0.382 e. The number of halogens is 1. The molecule has 0 aliphatic carbocycles. The maximum absolute atomic E-state index is 13.5. The SMILES string of the molecule is Cc1nn(C)c(C)c1C(C)C(=O)NCCNc1cccc(F)c1C#N. The number of aryl methyl sites for hydroxylation is 2. The third kappa shape index (κ3) is 3.97. The van der Waals surface area contributed by atoms with Crippen LogP contribution >= 0.6 is 0 Å². The summed E-state index contributed by atoms with van der Waals surface area (Å²) in [5.41, 5.74) is 3.15. The molecule has 0 bridgehead atoms. The molecule has 1 amide bonds. The smallest absolute Gasteiger partial charge is 0.227 e. The van der Waals surface area contributed by atoms with Crippen molar-refractivity contribution >= 4 is 11.6 Å². The third-order valence-electron chi connectivity index (χ3n) is 4.26. The van der Waals surface area contributed by atoms with Crippen LogP contribution in [0.4, 0.5) is 10.1 Å². The minimum atomic E-state index is -0.562. The van der Waals surface area contributed by atoms with Gasteiger partial charge in [0.1, 0.15) is 17.4 Å². The van der Waals surface area contributed by atoms with E-state index in [2.05, 4.69) is 15.7 Å². The van der Waals surface area contributed by atoms with Gasteiger partial charge in [-0.1, -0.05) is 6.07 Å². The van der Waals surface area contributed by atoms with Gasteiger partial charge in [0.15, 0.2) is 0 Å². The first kappa shape index (κ1) is 18.5. The van der Waals surface area contributed by atoms with Crippen molar-refractivity contribution in [1.82, 2.24) is 15.1 Å². The fraction of sp³-hybridized carbons (Fsp3) is 0.389. The van der Waals surface area contributed by atoms with Gasteiger partial charge in [0.2, 0.25) is 5.91 Å². The summed E-state index contributed by atoms with van der Waals surface area (Å²) in [4.78, 5) is 12.4. The highest BCUT2D eigenvalue weighted by Gasteiger charge is 2.22. The number of aromatic nitrogens is 2. The standard InChI is InChI=1S/C18H22FN5O/c1-11(17-12(2)23-24(4)13(17)3)18(25)22-9-8-21-16-7-5-6-15(19)14(16)10-20/h5-7,11,21H,8-9H2,1-4H3,(H,22,25). The van der Waals surface area contributed by atoms with E-state index in [0.717, 1.165) is 17.0 Å². The Balaban J connectivity index is 1.91. The molecular weight excluding hydrogens is 321 g/mol. The second-order valence-corrected chi connectivity index (χ2v) is 5.92. The predicted octanol–water partition coefficient (Wildman–Crippen LogP) is 2.38. The van der Waals surface area contributed by atoms with E-state index in [4.69, 9.17) is 5.26 Å². The Morgan fingerprint density at radius 2 is 2.12 bits per heavy atom. The number of nitrogens with one attached hydrogen (secondary N) is 2. The Morgan fingerprint density at radius 1 is 1.40 bits per heavy atom. The lowest BCUT2D eigenvalue weighted by Gasteiger charge is -2.14. The number of benzene rings is 1. The van der Waals surface area contributed by atoms with Crippen LogP contribution in [0.3, 0.4) is 0 Å². The second-order valence-electron chi connectivity index (χ2n) is 5.92. The molecule has 2 rings (SSSR count). The summed E-state index contributed by atoms with van der Waals surface area (Å²) >= 11 is 0. The lowest BCUT2D eigenvalue weighted by atomic mass is 9.98. The molecule has 0 radical (unpaired) electrons. The minimum absolute atomic E-state index is 0.0243. The second kappa shape index (κ2) is 7.79. The molecule has 0 fully saturated rings. The fourth-order valence-corrected chi connectivity index (χ4v) is 2.87. The Bertz CT molecular complexity index is 822. The van der Waals surface area contributed by atoms with E-state index < -0.39 is 5.82 Å². The van der Waals surface area contributed by atoms with E-state index in [1.807, 2.05) is 33.9 Å². The van der Waals surface area contributed by atoms with Crippen molar-refractivity contribution in [1.29, 1.82) is 5.26 Å². The van der Waals surface area contributed by atoms with Gasteiger partial charge in [0, 0.05) is 31.4 Å². The first-order valence-electron chi connectivity index (χ1n) is 8.07. The van der Waals surface area contributed by atoms with Gasteiger partial charge < -0.3 is 10.6 Å². The molecule has 1 unspecified atom stereocenters. The molecule has 6 nitrogen and oxygen atoms in total. The van der Waals surface area contributed by atoms with E-state index in [1.54, 1.807) is 10.7 Å². The van der Waals surface area contributed by atoms with Gasteiger partial charge in [-0.3, -0.25) is 9.48 Å². The van der Waals surface area contributed by atoms with Crippen LogP contribution in [0.5, 0.6) is 0 Å². The van der Waals surface area contributed by atoms with Gasteiger partial charge in [-0.25, -0.2) is 4.39 Å². The van der Waals surface area contributed by atoms with Gasteiger partial charge in [-0.2, -0.15) is 10.4 Å². The van der Waals surface area contributed by atoms with Gasteiger partial charge in [-0.05, 0) is 32.9 Å². The average molecular weight is 343 g/mol. The highest BCUT2D eigenvalue weighted by Crippen LogP contribution is 2.22. The number of carbonyl (C=O) groups is 1. The lowest BCUT2D eigenvalue weighted by molar-refractivity contribution is -0.122. The van der Waals surface area contributed by atoms with Crippen molar-refractivity contribution in [3.05, 3.63) is 46.5 Å². The summed E-state index contributed by atoms with van der Waals surface area (Å²) in [6.45, 7) is 6.43.